The van der Waals surface area contributed by atoms with Gasteiger partial charge in [-0.2, -0.15) is 0 Å². The van der Waals surface area contributed by atoms with Gasteiger partial charge in [-0.1, -0.05) is 42.5 Å². The van der Waals surface area contributed by atoms with Crippen LogP contribution in [0.5, 0.6) is 5.75 Å². The molecule has 0 spiro atoms. The van der Waals surface area contributed by atoms with E-state index in [4.69, 9.17) is 4.74 Å². The number of pyridine rings is 1. The van der Waals surface area contributed by atoms with Crippen molar-refractivity contribution in [2.75, 3.05) is 7.11 Å². The van der Waals surface area contributed by atoms with Gasteiger partial charge in [0.15, 0.2) is 5.43 Å². The van der Waals surface area contributed by atoms with Crippen molar-refractivity contribution in [3.63, 3.8) is 0 Å². The molecular formula is C27H22N2O3. The fourth-order valence-corrected chi connectivity index (χ4v) is 4.16. The maximum Gasteiger partial charge on any atom is 0.240 e. The van der Waals surface area contributed by atoms with Crippen molar-refractivity contribution in [3.8, 4) is 5.75 Å². The predicted molar refractivity (Wildman–Crippen MR) is 128 cm³/mol. The highest BCUT2D eigenvalue weighted by molar-refractivity contribution is 5.95. The highest BCUT2D eigenvalue weighted by Crippen LogP contribution is 2.22. The standard InChI is InChI=1S/C27H22N2O3/c1-32-21-13-12-19-14-18(10-11-20(19)15-21)16-28-26(30)17-29-24-8-4-2-6-22(24)27(31)23-7-3-5-9-25(23)29/h2-15H,16-17H2,1H3,(H,28,30). The van der Waals surface area contributed by atoms with Crippen LogP contribution in [0.1, 0.15) is 5.56 Å². The summed E-state index contributed by atoms with van der Waals surface area (Å²) < 4.78 is 7.19. The Morgan fingerprint density at radius 3 is 2.16 bits per heavy atom. The number of rotatable bonds is 5. The minimum atomic E-state index is -0.112. The Kier molecular flexibility index (Phi) is 5.07. The summed E-state index contributed by atoms with van der Waals surface area (Å²) in [7, 11) is 1.65. The van der Waals surface area contributed by atoms with Crippen LogP contribution in [0.2, 0.25) is 0 Å². The first-order valence-electron chi connectivity index (χ1n) is 10.5. The fourth-order valence-electron chi connectivity index (χ4n) is 4.16. The smallest absolute Gasteiger partial charge is 0.240 e. The molecular weight excluding hydrogens is 400 g/mol. The highest BCUT2D eigenvalue weighted by Gasteiger charge is 2.12. The van der Waals surface area contributed by atoms with Crippen LogP contribution >= 0.6 is 0 Å². The molecule has 0 atom stereocenters. The Morgan fingerprint density at radius 1 is 0.844 bits per heavy atom. The lowest BCUT2D eigenvalue weighted by atomic mass is 10.1. The topological polar surface area (TPSA) is 60.3 Å². The summed E-state index contributed by atoms with van der Waals surface area (Å²) in [5.74, 6) is 0.706. The second-order valence-electron chi connectivity index (χ2n) is 7.77. The quantitative estimate of drug-likeness (QED) is 0.420. The number of carbonyl (C=O) groups is 1. The molecule has 158 valence electrons. The molecule has 1 heterocycles. The van der Waals surface area contributed by atoms with Gasteiger partial charge >= 0.3 is 0 Å². The van der Waals surface area contributed by atoms with E-state index in [2.05, 4.69) is 11.4 Å². The van der Waals surface area contributed by atoms with Crippen molar-refractivity contribution < 1.29 is 9.53 Å². The molecule has 0 saturated carbocycles. The molecule has 0 saturated heterocycles. The molecule has 5 nitrogen and oxygen atoms in total. The van der Waals surface area contributed by atoms with Gasteiger partial charge in [0, 0.05) is 17.3 Å². The predicted octanol–water partition coefficient (Wildman–Crippen LogP) is 4.63. The summed E-state index contributed by atoms with van der Waals surface area (Å²) in [5, 5.41) is 6.43. The van der Waals surface area contributed by atoms with Gasteiger partial charge in [-0.3, -0.25) is 9.59 Å². The van der Waals surface area contributed by atoms with Gasteiger partial charge in [-0.05, 0) is 58.8 Å². The third-order valence-corrected chi connectivity index (χ3v) is 5.78. The van der Waals surface area contributed by atoms with Crippen LogP contribution in [0.25, 0.3) is 32.6 Å². The maximum absolute atomic E-state index is 12.9. The summed E-state index contributed by atoms with van der Waals surface area (Å²) >= 11 is 0. The minimum absolute atomic E-state index is 0.0133. The lowest BCUT2D eigenvalue weighted by Gasteiger charge is -2.15. The molecule has 1 N–H and O–H groups in total. The zero-order valence-electron chi connectivity index (χ0n) is 17.7. The average Bonchev–Trinajstić information content (AvgIpc) is 2.85. The number of hydrogen-bond acceptors (Lipinski definition) is 3. The third kappa shape index (κ3) is 3.58. The van der Waals surface area contributed by atoms with E-state index >= 15 is 0 Å². The second kappa shape index (κ2) is 8.19. The number of ether oxygens (including phenoxy) is 1. The first-order valence-corrected chi connectivity index (χ1v) is 10.5. The van der Waals surface area contributed by atoms with Crippen LogP contribution in [-0.2, 0) is 17.9 Å². The average molecular weight is 422 g/mol. The Morgan fingerprint density at radius 2 is 1.47 bits per heavy atom. The van der Waals surface area contributed by atoms with Crippen LogP contribution in [0.4, 0.5) is 0 Å². The lowest BCUT2D eigenvalue weighted by molar-refractivity contribution is -0.121. The number of nitrogens with zero attached hydrogens (tertiary/aromatic N) is 1. The number of nitrogens with one attached hydrogen (secondary N) is 1. The molecule has 0 aliphatic rings. The minimum Gasteiger partial charge on any atom is -0.497 e. The zero-order valence-corrected chi connectivity index (χ0v) is 17.7. The number of benzene rings is 4. The van der Waals surface area contributed by atoms with Crippen molar-refractivity contribution in [1.29, 1.82) is 0 Å². The van der Waals surface area contributed by atoms with E-state index in [1.807, 2.05) is 83.4 Å². The number of aromatic nitrogens is 1. The molecule has 32 heavy (non-hydrogen) atoms. The Balaban J connectivity index is 1.41. The number of amides is 1. The van der Waals surface area contributed by atoms with E-state index in [1.165, 1.54) is 0 Å². The molecule has 1 amide bonds. The van der Waals surface area contributed by atoms with Gasteiger partial charge in [0.1, 0.15) is 12.3 Å². The van der Waals surface area contributed by atoms with Gasteiger partial charge in [-0.25, -0.2) is 0 Å². The van der Waals surface area contributed by atoms with Crippen LogP contribution in [0.15, 0.2) is 89.7 Å². The molecule has 5 rings (SSSR count). The monoisotopic (exact) mass is 422 g/mol. The van der Waals surface area contributed by atoms with E-state index in [0.29, 0.717) is 17.3 Å². The maximum atomic E-state index is 12.9. The number of carbonyl (C=O) groups excluding carboxylic acids is 1. The lowest BCUT2D eigenvalue weighted by Crippen LogP contribution is -2.28. The Bertz CT molecular complexity index is 1480. The first kappa shape index (κ1) is 19.8. The fraction of sp³-hybridized carbons (Fsp3) is 0.111. The Hall–Kier alpha value is -4.12. The summed E-state index contributed by atoms with van der Waals surface area (Å²) in [4.78, 5) is 25.7. The number of hydrogen-bond donors (Lipinski definition) is 1. The molecule has 0 aliphatic carbocycles. The SMILES string of the molecule is COc1ccc2cc(CNC(=O)Cn3c4ccccc4c(=O)c4ccccc43)ccc2c1. The van der Waals surface area contributed by atoms with E-state index in [-0.39, 0.29) is 17.9 Å². The zero-order chi connectivity index (χ0) is 22.1. The van der Waals surface area contributed by atoms with Gasteiger partial charge in [0.2, 0.25) is 5.91 Å². The van der Waals surface area contributed by atoms with Crippen molar-refractivity contribution in [2.45, 2.75) is 13.1 Å². The summed E-state index contributed by atoms with van der Waals surface area (Å²) in [6, 6.07) is 26.9. The molecule has 1 aromatic heterocycles. The second-order valence-corrected chi connectivity index (χ2v) is 7.77. The highest BCUT2D eigenvalue weighted by atomic mass is 16.5. The molecule has 5 aromatic rings. The van der Waals surface area contributed by atoms with Crippen LogP contribution < -0.4 is 15.5 Å². The molecule has 4 aromatic carbocycles. The van der Waals surface area contributed by atoms with Crippen LogP contribution in [0, 0.1) is 0 Å². The third-order valence-electron chi connectivity index (χ3n) is 5.78. The van der Waals surface area contributed by atoms with E-state index in [0.717, 1.165) is 33.1 Å². The van der Waals surface area contributed by atoms with E-state index in [1.54, 1.807) is 7.11 Å². The summed E-state index contributed by atoms with van der Waals surface area (Å²) in [6.45, 7) is 0.558. The molecule has 0 radical (unpaired) electrons. The normalized spacial score (nSPS) is 11.2. The van der Waals surface area contributed by atoms with Gasteiger partial charge in [0.25, 0.3) is 0 Å². The Labute approximate surface area is 184 Å². The molecule has 0 bridgehead atoms. The summed E-state index contributed by atoms with van der Waals surface area (Å²) in [6.07, 6.45) is 0. The molecule has 0 fully saturated rings. The van der Waals surface area contributed by atoms with Crippen LogP contribution in [-0.4, -0.2) is 17.6 Å². The molecule has 5 heteroatoms. The molecule has 0 aliphatic heterocycles. The van der Waals surface area contributed by atoms with Gasteiger partial charge in [0.05, 0.1) is 18.1 Å². The largest absolute Gasteiger partial charge is 0.497 e. The van der Waals surface area contributed by atoms with Crippen molar-refractivity contribution >= 4 is 38.5 Å². The number of fused-ring (bicyclic) bond motifs is 3. The van der Waals surface area contributed by atoms with Crippen molar-refractivity contribution in [2.24, 2.45) is 0 Å². The number of para-hydroxylation sites is 2. The first-order chi connectivity index (χ1) is 15.6. The van der Waals surface area contributed by atoms with Crippen molar-refractivity contribution in [1.82, 2.24) is 9.88 Å². The van der Waals surface area contributed by atoms with Crippen molar-refractivity contribution in [3.05, 3.63) is 101 Å². The van der Waals surface area contributed by atoms with Gasteiger partial charge < -0.3 is 14.6 Å². The molecule has 0 unspecified atom stereocenters. The van der Waals surface area contributed by atoms with E-state index in [9.17, 15) is 9.59 Å². The number of methoxy groups -OCH3 is 1. The van der Waals surface area contributed by atoms with Crippen LogP contribution in [0.3, 0.4) is 0 Å². The summed E-state index contributed by atoms with van der Waals surface area (Å²) in [5.41, 5.74) is 2.52. The van der Waals surface area contributed by atoms with Gasteiger partial charge in [-0.15, -0.1) is 0 Å². The van der Waals surface area contributed by atoms with E-state index < -0.39 is 0 Å².